The lowest BCUT2D eigenvalue weighted by molar-refractivity contribution is 0.791. The molecule has 96 valence electrons. The predicted octanol–water partition coefficient (Wildman–Crippen LogP) is 2.78. The van der Waals surface area contributed by atoms with E-state index in [0.717, 1.165) is 17.8 Å². The van der Waals surface area contributed by atoms with Crippen molar-refractivity contribution in [1.29, 1.82) is 0 Å². The quantitative estimate of drug-likeness (QED) is 0.889. The van der Waals surface area contributed by atoms with Crippen LogP contribution in [0.4, 0.5) is 11.6 Å². The molecule has 0 amide bonds. The van der Waals surface area contributed by atoms with Crippen LogP contribution in [-0.2, 0) is 6.42 Å². The topological polar surface area (TPSA) is 63.8 Å². The molecule has 2 aromatic heterocycles. The van der Waals surface area contributed by atoms with Crippen LogP contribution in [0, 0.1) is 13.8 Å². The minimum atomic E-state index is 0.316. The Bertz CT molecular complexity index is 536. The molecule has 2 heterocycles. The van der Waals surface area contributed by atoms with E-state index in [1.54, 1.807) is 0 Å². The summed E-state index contributed by atoms with van der Waals surface area (Å²) in [5.74, 6) is 1.36. The van der Waals surface area contributed by atoms with Gasteiger partial charge in [-0.25, -0.2) is 9.97 Å². The average molecular weight is 262 g/mol. The van der Waals surface area contributed by atoms with Gasteiger partial charge in [0.25, 0.3) is 0 Å². The molecule has 0 fully saturated rings. The number of aromatic nitrogens is 2. The summed E-state index contributed by atoms with van der Waals surface area (Å²) in [6.45, 7) is 6.20. The van der Waals surface area contributed by atoms with Gasteiger partial charge < -0.3 is 11.1 Å². The molecular weight excluding hydrogens is 244 g/mol. The Hall–Kier alpha value is -1.62. The summed E-state index contributed by atoms with van der Waals surface area (Å²) in [5, 5.41) is 3.38. The van der Waals surface area contributed by atoms with Gasteiger partial charge in [-0.3, -0.25) is 0 Å². The number of hydrogen-bond donors (Lipinski definition) is 2. The van der Waals surface area contributed by atoms with Crippen LogP contribution in [0.15, 0.2) is 18.5 Å². The van der Waals surface area contributed by atoms with E-state index in [0.29, 0.717) is 11.9 Å². The van der Waals surface area contributed by atoms with E-state index in [9.17, 15) is 0 Å². The highest BCUT2D eigenvalue weighted by atomic mass is 32.1. The molecule has 0 radical (unpaired) electrons. The molecule has 0 aromatic carbocycles. The summed E-state index contributed by atoms with van der Waals surface area (Å²) in [5.41, 5.74) is 6.67. The van der Waals surface area contributed by atoms with Crippen LogP contribution in [0.2, 0.25) is 0 Å². The Kier molecular flexibility index (Phi) is 3.81. The number of nitrogens with two attached hydrogens (primary N) is 1. The lowest BCUT2D eigenvalue weighted by atomic mass is 10.2. The smallest absolute Gasteiger partial charge is 0.134 e. The molecule has 0 aliphatic heterocycles. The monoisotopic (exact) mass is 262 g/mol. The summed E-state index contributed by atoms with van der Waals surface area (Å²) >= 11 is 1.84. The first-order valence-corrected chi connectivity index (χ1v) is 6.77. The van der Waals surface area contributed by atoms with E-state index in [4.69, 9.17) is 5.73 Å². The molecule has 4 nitrogen and oxygen atoms in total. The molecular formula is C13H18N4S. The number of nitrogens with one attached hydrogen (secondary N) is 1. The third-order valence-electron chi connectivity index (χ3n) is 2.81. The summed E-state index contributed by atoms with van der Waals surface area (Å²) in [6, 6.07) is 4.65. The second-order valence-electron chi connectivity index (χ2n) is 4.49. The maximum absolute atomic E-state index is 5.76. The number of hydrogen-bond acceptors (Lipinski definition) is 5. The number of thiophene rings is 1. The van der Waals surface area contributed by atoms with Crippen LogP contribution in [0.1, 0.15) is 22.2 Å². The minimum Gasteiger partial charge on any atom is -0.383 e. The van der Waals surface area contributed by atoms with Gasteiger partial charge in [0.2, 0.25) is 0 Å². The molecule has 2 aromatic rings. The molecule has 5 heteroatoms. The standard InChI is InChI=1S/C13H18N4S/c1-8(6-11-5-4-9(2)18-11)17-13-10(3)12(14)15-7-16-13/h4-5,7-8H,6H2,1-3H3,(H3,14,15,16,17). The van der Waals surface area contributed by atoms with E-state index in [2.05, 4.69) is 41.3 Å². The summed E-state index contributed by atoms with van der Waals surface area (Å²) in [4.78, 5) is 10.9. The van der Waals surface area contributed by atoms with Crippen LogP contribution >= 0.6 is 11.3 Å². The van der Waals surface area contributed by atoms with Gasteiger partial charge in [-0.05, 0) is 32.9 Å². The van der Waals surface area contributed by atoms with Gasteiger partial charge in [0.05, 0.1) is 0 Å². The zero-order valence-electron chi connectivity index (χ0n) is 10.9. The van der Waals surface area contributed by atoms with Crippen molar-refractivity contribution in [2.24, 2.45) is 0 Å². The Morgan fingerprint density at radius 2 is 2.11 bits per heavy atom. The predicted molar refractivity (Wildman–Crippen MR) is 77.0 cm³/mol. The molecule has 0 spiro atoms. The lowest BCUT2D eigenvalue weighted by Crippen LogP contribution is -2.19. The molecule has 0 saturated heterocycles. The molecule has 0 aliphatic rings. The molecule has 1 atom stereocenters. The van der Waals surface area contributed by atoms with Gasteiger partial charge >= 0.3 is 0 Å². The van der Waals surface area contributed by atoms with Gasteiger partial charge in [0.15, 0.2) is 0 Å². The van der Waals surface area contributed by atoms with Crippen molar-refractivity contribution in [3.05, 3.63) is 33.8 Å². The van der Waals surface area contributed by atoms with Gasteiger partial charge in [0.1, 0.15) is 18.0 Å². The highest BCUT2D eigenvalue weighted by Crippen LogP contribution is 2.20. The number of nitrogen functional groups attached to an aromatic ring is 1. The van der Waals surface area contributed by atoms with E-state index in [-0.39, 0.29) is 0 Å². The zero-order valence-corrected chi connectivity index (χ0v) is 11.7. The van der Waals surface area contributed by atoms with Crippen LogP contribution in [-0.4, -0.2) is 16.0 Å². The fourth-order valence-electron chi connectivity index (χ4n) is 1.79. The first-order valence-electron chi connectivity index (χ1n) is 5.95. The fourth-order valence-corrected chi connectivity index (χ4v) is 2.81. The first kappa shape index (κ1) is 12.8. The molecule has 2 rings (SSSR count). The van der Waals surface area contributed by atoms with Gasteiger partial charge in [-0.1, -0.05) is 0 Å². The van der Waals surface area contributed by atoms with Crippen LogP contribution in [0.25, 0.3) is 0 Å². The highest BCUT2D eigenvalue weighted by Gasteiger charge is 2.09. The third kappa shape index (κ3) is 2.98. The van der Waals surface area contributed by atoms with Crippen LogP contribution in [0.3, 0.4) is 0 Å². The summed E-state index contributed by atoms with van der Waals surface area (Å²) in [7, 11) is 0. The van der Waals surface area contributed by atoms with Crippen molar-refractivity contribution in [3.63, 3.8) is 0 Å². The highest BCUT2D eigenvalue weighted by molar-refractivity contribution is 7.11. The van der Waals surface area contributed by atoms with Crippen molar-refractivity contribution in [2.75, 3.05) is 11.1 Å². The number of aryl methyl sites for hydroxylation is 1. The first-order chi connectivity index (χ1) is 8.56. The largest absolute Gasteiger partial charge is 0.383 e. The maximum Gasteiger partial charge on any atom is 0.134 e. The Morgan fingerprint density at radius 3 is 2.78 bits per heavy atom. The summed E-state index contributed by atoms with van der Waals surface area (Å²) < 4.78 is 0. The van der Waals surface area contributed by atoms with Gasteiger partial charge in [0, 0.05) is 27.8 Å². The van der Waals surface area contributed by atoms with E-state index < -0.39 is 0 Å². The Morgan fingerprint density at radius 1 is 1.33 bits per heavy atom. The van der Waals surface area contributed by atoms with Crippen molar-refractivity contribution in [1.82, 2.24) is 9.97 Å². The van der Waals surface area contributed by atoms with Crippen LogP contribution in [0.5, 0.6) is 0 Å². The molecule has 0 bridgehead atoms. The zero-order chi connectivity index (χ0) is 13.1. The number of rotatable bonds is 4. The van der Waals surface area contributed by atoms with Crippen molar-refractivity contribution < 1.29 is 0 Å². The normalized spacial score (nSPS) is 12.4. The van der Waals surface area contributed by atoms with Crippen molar-refractivity contribution in [2.45, 2.75) is 33.2 Å². The average Bonchev–Trinajstić information content (AvgIpc) is 2.70. The van der Waals surface area contributed by atoms with Crippen LogP contribution < -0.4 is 11.1 Å². The maximum atomic E-state index is 5.76. The van der Waals surface area contributed by atoms with Gasteiger partial charge in [-0.2, -0.15) is 0 Å². The number of nitrogens with zero attached hydrogens (tertiary/aromatic N) is 2. The molecule has 1 unspecified atom stereocenters. The van der Waals surface area contributed by atoms with E-state index in [1.165, 1.54) is 16.1 Å². The van der Waals surface area contributed by atoms with E-state index in [1.807, 2.05) is 18.3 Å². The van der Waals surface area contributed by atoms with E-state index >= 15 is 0 Å². The fraction of sp³-hybridized carbons (Fsp3) is 0.385. The molecule has 18 heavy (non-hydrogen) atoms. The number of anilines is 2. The summed E-state index contributed by atoms with van der Waals surface area (Å²) in [6.07, 6.45) is 2.48. The Labute approximate surface area is 111 Å². The molecule has 0 saturated carbocycles. The molecule has 0 aliphatic carbocycles. The molecule has 3 N–H and O–H groups in total. The minimum absolute atomic E-state index is 0.316. The lowest BCUT2D eigenvalue weighted by Gasteiger charge is -2.15. The van der Waals surface area contributed by atoms with Crippen molar-refractivity contribution in [3.8, 4) is 0 Å². The second kappa shape index (κ2) is 5.35. The Balaban J connectivity index is 2.03. The van der Waals surface area contributed by atoms with Gasteiger partial charge in [-0.15, -0.1) is 11.3 Å². The SMILES string of the molecule is Cc1ccc(CC(C)Nc2ncnc(N)c2C)s1. The third-order valence-corrected chi connectivity index (χ3v) is 3.83. The van der Waals surface area contributed by atoms with Crippen molar-refractivity contribution >= 4 is 23.0 Å². The second-order valence-corrected chi connectivity index (χ2v) is 5.87.